The van der Waals surface area contributed by atoms with Gasteiger partial charge in [-0.3, -0.25) is 28.6 Å². The van der Waals surface area contributed by atoms with Gasteiger partial charge in [0.15, 0.2) is 22.8 Å². The van der Waals surface area contributed by atoms with Gasteiger partial charge in [0.2, 0.25) is 0 Å². The third kappa shape index (κ3) is 9.16. The number of thiol groups is 1. The number of benzene rings is 5. The minimum Gasteiger partial charge on any atom is -0.448 e. The first-order valence-electron chi connectivity index (χ1n) is 21.5. The average molecular weight is 975 g/mol. The molecule has 7 aromatic rings. The number of ether oxygens (including phenoxy) is 1. The van der Waals surface area contributed by atoms with Crippen molar-refractivity contribution in [2.75, 3.05) is 18.2 Å². The van der Waals surface area contributed by atoms with Gasteiger partial charge in [-0.1, -0.05) is 157 Å². The summed E-state index contributed by atoms with van der Waals surface area (Å²) in [5.41, 5.74) is 1.82. The average Bonchev–Trinajstić information content (AvgIpc) is 3.86. The van der Waals surface area contributed by atoms with E-state index in [0.717, 1.165) is 21.3 Å². The molecule has 0 spiro atoms. The van der Waals surface area contributed by atoms with Gasteiger partial charge in [-0.25, -0.2) is 14.9 Å². The van der Waals surface area contributed by atoms with Gasteiger partial charge in [-0.2, -0.15) is 5.10 Å². The van der Waals surface area contributed by atoms with Gasteiger partial charge in [0.25, 0.3) is 11.8 Å². The maximum absolute atomic E-state index is 14.7. The summed E-state index contributed by atoms with van der Waals surface area (Å²) in [5, 5.41) is 18.2. The third-order valence-electron chi connectivity index (χ3n) is 11.6. The van der Waals surface area contributed by atoms with Crippen LogP contribution in [0.2, 0.25) is 0 Å². The number of esters is 1. The fourth-order valence-corrected chi connectivity index (χ4v) is 10.7. The molecule has 2 aliphatic rings. The number of hydrogen-bond donors (Lipinski definition) is 4. The van der Waals surface area contributed by atoms with Crippen LogP contribution < -0.4 is 21.8 Å². The van der Waals surface area contributed by atoms with Gasteiger partial charge in [-0.15, -0.1) is 35.7 Å². The molecule has 4 heterocycles. The molecule has 2 atom stereocenters. The fraction of sp³-hybridized carbons (Fsp3) is 0.137. The Hall–Kier alpha value is -7.80. The van der Waals surface area contributed by atoms with Gasteiger partial charge >= 0.3 is 17.1 Å². The second-order valence-electron chi connectivity index (χ2n) is 15.7. The first-order chi connectivity index (χ1) is 33.6. The van der Waals surface area contributed by atoms with E-state index in [1.54, 1.807) is 5.38 Å². The molecule has 0 radical (unpaired) electrons. The number of fused-ring (bicyclic) bond motifs is 1. The van der Waals surface area contributed by atoms with E-state index < -0.39 is 52.0 Å². The standard InChI is InChI=1S/C51H42N8O7S3/c1-58-43(55-56-45(61)47(58)63)38(67)28-33-29-68-48-40(46(62)59(48)41(33)49(64)66-42(31-18-8-3-9-19-31)32-20-10-4-11-21-32)53-44(60)39(57-65-2)37-30-69-50(52-37)54-51(34-22-12-5-13-23-34,35-24-14-6-15-25-35)36-26-16-7-17-27-36/h3-28,30,40,42,48,67H,29H2,1-2H3,(H,52,54)(H,53,60)(H,56,61). The largest absolute Gasteiger partial charge is 0.448 e. The number of nitrogens with zero attached hydrogens (tertiary/aromatic N) is 5. The number of anilines is 1. The lowest BCUT2D eigenvalue weighted by molar-refractivity contribution is -0.154. The van der Waals surface area contributed by atoms with Crippen LogP contribution in [0.4, 0.5) is 5.13 Å². The third-order valence-corrected chi connectivity index (χ3v) is 14.0. The lowest BCUT2D eigenvalue weighted by atomic mass is 9.77. The van der Waals surface area contributed by atoms with Crippen molar-refractivity contribution >= 4 is 69.3 Å². The van der Waals surface area contributed by atoms with Crippen molar-refractivity contribution < 1.29 is 24.0 Å². The normalized spacial score (nSPS) is 16.1. The molecule has 2 amide bonds. The number of hydrogen-bond acceptors (Lipinski definition) is 14. The van der Waals surface area contributed by atoms with E-state index in [4.69, 9.17) is 14.6 Å². The first kappa shape index (κ1) is 46.3. The van der Waals surface area contributed by atoms with Crippen LogP contribution in [0.5, 0.6) is 0 Å². The smallest absolute Gasteiger partial charge is 0.356 e. The molecule has 0 aliphatic carbocycles. The van der Waals surface area contributed by atoms with Crippen molar-refractivity contribution in [1.29, 1.82) is 0 Å². The van der Waals surface area contributed by atoms with Crippen LogP contribution in [0, 0.1) is 0 Å². The van der Waals surface area contributed by atoms with Crippen LogP contribution in [0.3, 0.4) is 0 Å². The van der Waals surface area contributed by atoms with Crippen molar-refractivity contribution in [1.82, 2.24) is 30.0 Å². The van der Waals surface area contributed by atoms with Gasteiger partial charge in [0, 0.05) is 23.1 Å². The van der Waals surface area contributed by atoms with E-state index in [-0.39, 0.29) is 33.6 Å². The molecule has 69 heavy (non-hydrogen) atoms. The van der Waals surface area contributed by atoms with E-state index >= 15 is 0 Å². The van der Waals surface area contributed by atoms with Gasteiger partial charge in [0.05, 0.1) is 0 Å². The van der Waals surface area contributed by atoms with E-state index in [2.05, 4.69) is 38.6 Å². The lowest BCUT2D eigenvalue weighted by Gasteiger charge is -2.49. The summed E-state index contributed by atoms with van der Waals surface area (Å²) in [5.74, 6) is -2.01. The number of β-lactam (4-membered cyclic amide) rings is 1. The Morgan fingerprint density at radius 3 is 1.91 bits per heavy atom. The molecule has 0 saturated carbocycles. The number of carbonyl (C=O) groups excluding carboxylic acids is 3. The Morgan fingerprint density at radius 2 is 1.38 bits per heavy atom. The molecule has 1 saturated heterocycles. The molecule has 2 unspecified atom stereocenters. The van der Waals surface area contributed by atoms with Gasteiger partial charge in [-0.05, 0) is 39.5 Å². The summed E-state index contributed by atoms with van der Waals surface area (Å²) in [6, 6.07) is 47.3. The molecular formula is C51H42N8O7S3. The lowest BCUT2D eigenvalue weighted by Crippen LogP contribution is -2.71. The number of allylic oxidation sites excluding steroid dienone is 1. The zero-order valence-electron chi connectivity index (χ0n) is 36.9. The Labute approximate surface area is 409 Å². The Morgan fingerprint density at radius 1 is 0.841 bits per heavy atom. The molecule has 1 fully saturated rings. The summed E-state index contributed by atoms with van der Waals surface area (Å²) < 4.78 is 7.33. The van der Waals surface area contributed by atoms with Crippen LogP contribution in [-0.4, -0.2) is 72.4 Å². The zero-order valence-corrected chi connectivity index (χ0v) is 39.4. The monoisotopic (exact) mass is 974 g/mol. The summed E-state index contributed by atoms with van der Waals surface area (Å²) in [6.07, 6.45) is 0.639. The van der Waals surface area contributed by atoms with E-state index in [1.807, 2.05) is 152 Å². The maximum atomic E-state index is 14.7. The van der Waals surface area contributed by atoms with Crippen molar-refractivity contribution in [3.05, 3.63) is 234 Å². The number of nitrogens with one attached hydrogen (secondary N) is 3. The van der Waals surface area contributed by atoms with Crippen molar-refractivity contribution in [3.8, 4) is 0 Å². The van der Waals surface area contributed by atoms with Crippen LogP contribution in [0.15, 0.2) is 189 Å². The van der Waals surface area contributed by atoms with Crippen LogP contribution >= 0.6 is 35.7 Å². The number of aromatic amines is 1. The van der Waals surface area contributed by atoms with E-state index in [1.165, 1.54) is 48.2 Å². The number of carbonyl (C=O) groups is 3. The summed E-state index contributed by atoms with van der Waals surface area (Å²) in [6.45, 7) is 0. The molecule has 2 aromatic heterocycles. The number of thioether (sulfide) groups is 1. The van der Waals surface area contributed by atoms with Crippen LogP contribution in [-0.2, 0) is 36.5 Å². The number of aromatic nitrogens is 4. The van der Waals surface area contributed by atoms with Crippen LogP contribution in [0.1, 0.15) is 45.4 Å². The second-order valence-corrected chi connectivity index (χ2v) is 18.2. The van der Waals surface area contributed by atoms with E-state index in [9.17, 15) is 24.0 Å². The summed E-state index contributed by atoms with van der Waals surface area (Å²) in [4.78, 5) is 79.4. The van der Waals surface area contributed by atoms with Gasteiger partial charge in [0.1, 0.15) is 35.5 Å². The highest BCUT2D eigenvalue weighted by atomic mass is 32.2. The summed E-state index contributed by atoms with van der Waals surface area (Å²) in [7, 11) is 2.68. The number of H-pyrrole nitrogens is 1. The van der Waals surface area contributed by atoms with Crippen molar-refractivity contribution in [2.24, 2.45) is 12.2 Å². The summed E-state index contributed by atoms with van der Waals surface area (Å²) >= 11 is 7.17. The molecule has 3 N–H and O–H groups in total. The molecule has 0 bridgehead atoms. The fourth-order valence-electron chi connectivity index (χ4n) is 8.31. The number of rotatable bonds is 15. The SMILES string of the molecule is CON=C(C(=O)NC1C(=O)N2C(C(=O)OC(c3ccccc3)c3ccccc3)=C(C=C(S)c3n[nH]c(=O)c(=O)n3C)CSC12)c1csc(NC(c2ccccc2)(c2ccccc2)c2ccccc2)n1. The van der Waals surface area contributed by atoms with E-state index in [0.29, 0.717) is 21.8 Å². The first-order valence-corrected chi connectivity index (χ1v) is 23.8. The number of amides is 2. The Balaban J connectivity index is 1.02. The predicted molar refractivity (Wildman–Crippen MR) is 268 cm³/mol. The number of thiazole rings is 1. The highest BCUT2D eigenvalue weighted by Gasteiger charge is 2.55. The maximum Gasteiger partial charge on any atom is 0.356 e. The highest BCUT2D eigenvalue weighted by Crippen LogP contribution is 2.44. The molecule has 2 aliphatic heterocycles. The highest BCUT2D eigenvalue weighted by molar-refractivity contribution is 8.00. The molecule has 5 aromatic carbocycles. The Kier molecular flexibility index (Phi) is 13.6. The Bertz CT molecular complexity index is 3100. The van der Waals surface area contributed by atoms with Crippen molar-refractivity contribution in [3.63, 3.8) is 0 Å². The molecular weight excluding hydrogens is 933 g/mol. The molecule has 346 valence electrons. The van der Waals surface area contributed by atoms with Crippen LogP contribution in [0.25, 0.3) is 4.91 Å². The second kappa shape index (κ2) is 20.2. The van der Waals surface area contributed by atoms with Gasteiger partial charge < -0.3 is 20.2 Å². The number of oxime groups is 1. The molecule has 18 heteroatoms. The predicted octanol–water partition coefficient (Wildman–Crippen LogP) is 6.64. The quantitative estimate of drug-likeness (QED) is 0.0164. The minimum atomic E-state index is -1.10. The molecule has 9 rings (SSSR count). The topological polar surface area (TPSA) is 190 Å². The minimum absolute atomic E-state index is 0.0121. The van der Waals surface area contributed by atoms with Crippen molar-refractivity contribution in [2.45, 2.75) is 23.1 Å². The molecule has 15 nitrogen and oxygen atoms in total. The zero-order chi connectivity index (χ0) is 48.1.